The molecule has 0 aliphatic rings. The monoisotopic (exact) mass is 893 g/mol. The smallest absolute Gasteiger partial charge is 0.268 e. The molecule has 7 aromatic carbocycles. The van der Waals surface area contributed by atoms with E-state index in [2.05, 4.69) is 24.4 Å². The van der Waals surface area contributed by atoms with Gasteiger partial charge in [-0.15, -0.1) is 23.8 Å². The van der Waals surface area contributed by atoms with Crippen LogP contribution in [-0.2, 0) is 21.1 Å². The molecule has 3 heterocycles. The molecule has 4 nitrogen and oxygen atoms in total. The predicted molar refractivity (Wildman–Crippen MR) is 218 cm³/mol. The van der Waals surface area contributed by atoms with Gasteiger partial charge < -0.3 is 15.6 Å². The van der Waals surface area contributed by atoms with E-state index in [1.807, 2.05) is 108 Å². The van der Waals surface area contributed by atoms with Gasteiger partial charge in [-0.2, -0.15) is 18.2 Å². The van der Waals surface area contributed by atoms with Crippen LogP contribution >= 0.6 is 0 Å². The minimum atomic E-state index is -0.559. The summed E-state index contributed by atoms with van der Waals surface area (Å²) in [5.74, 6) is 2.28. The molecule has 0 saturated heterocycles. The molecule has 3 aromatic heterocycles. The average molecular weight is 894 g/mol. The van der Waals surface area contributed by atoms with E-state index in [1.165, 1.54) is 0 Å². The number of aromatic nitrogens is 4. The zero-order valence-electron chi connectivity index (χ0n) is 38.8. The topological polar surface area (TPSA) is 26.6 Å². The Hall–Kier alpha value is -6.79. The maximum Gasteiger partial charge on any atom is 0.268 e. The van der Waals surface area contributed by atoms with Crippen molar-refractivity contribution in [3.63, 3.8) is 0 Å². The summed E-state index contributed by atoms with van der Waals surface area (Å²) in [5, 5.41) is 2.02. The van der Waals surface area contributed by atoms with Crippen LogP contribution in [0.2, 0.25) is 0 Å². The predicted octanol–water partition coefficient (Wildman–Crippen LogP) is 11.0. The first-order chi connectivity index (χ1) is 30.9. The van der Waals surface area contributed by atoms with Crippen molar-refractivity contribution >= 4 is 33.0 Å². The van der Waals surface area contributed by atoms with Crippen LogP contribution in [0.3, 0.4) is 0 Å². The Labute approximate surface area is 348 Å². The Bertz CT molecular complexity index is 3340. The van der Waals surface area contributed by atoms with Gasteiger partial charge >= 0.3 is 0 Å². The van der Waals surface area contributed by atoms with Gasteiger partial charge in [0.15, 0.2) is 0 Å². The molecule has 0 aliphatic carbocycles. The Morgan fingerprint density at radius 1 is 0.600 bits per heavy atom. The number of hydrogen-bond donors (Lipinski definition) is 0. The van der Waals surface area contributed by atoms with Crippen molar-refractivity contribution in [3.8, 4) is 45.2 Å². The van der Waals surface area contributed by atoms with Crippen molar-refractivity contribution in [1.82, 2.24) is 14.1 Å². The summed E-state index contributed by atoms with van der Waals surface area (Å²) in [6.07, 6.45) is 11.9. The SMILES string of the molecule is [2H]c1c([2H])c([2H])c(-c2cccc(-c3c([2H])c([2H])c([2H])c([2H])c3[2H])c2-[n+]2[c-]n(-c3[c-]c(-n4c5ccccc5c5cccnc54)ccc3)c3ccccc32)c([2H])c1[2H].[C-]#Cc1ccccc1.[Pt]. The van der Waals surface area contributed by atoms with E-state index in [4.69, 9.17) is 25.1 Å². The van der Waals surface area contributed by atoms with Gasteiger partial charge in [-0.25, -0.2) is 4.98 Å². The molecule has 10 rings (SSSR count). The van der Waals surface area contributed by atoms with Crippen molar-refractivity contribution in [3.05, 3.63) is 218 Å². The zero-order valence-corrected chi connectivity index (χ0v) is 31.1. The van der Waals surface area contributed by atoms with Gasteiger partial charge in [0.05, 0.1) is 35.9 Å². The quantitative estimate of drug-likeness (QED) is 0.0961. The van der Waals surface area contributed by atoms with Crippen LogP contribution < -0.4 is 4.57 Å². The number of pyridine rings is 1. The van der Waals surface area contributed by atoms with E-state index in [0.717, 1.165) is 27.5 Å². The van der Waals surface area contributed by atoms with Crippen molar-refractivity contribution in [1.29, 1.82) is 0 Å². The summed E-state index contributed by atoms with van der Waals surface area (Å²) in [6, 6.07) is 37.6. The maximum absolute atomic E-state index is 8.93. The minimum Gasteiger partial charge on any atom is -0.366 e. The molecule has 264 valence electrons. The Morgan fingerprint density at radius 2 is 1.20 bits per heavy atom. The summed E-state index contributed by atoms with van der Waals surface area (Å²) in [7, 11) is 0. The molecule has 0 amide bonds. The molecule has 0 bridgehead atoms. The molecule has 0 aliphatic heterocycles. The average Bonchev–Trinajstić information content (AvgIpc) is 3.88. The van der Waals surface area contributed by atoms with Gasteiger partial charge in [0.1, 0.15) is 5.65 Å². The van der Waals surface area contributed by atoms with Gasteiger partial charge in [0.2, 0.25) is 0 Å². The first kappa shape index (κ1) is 25.3. The molecular formula is C50H32N4Pt-2. The van der Waals surface area contributed by atoms with Crippen LogP contribution in [0.1, 0.15) is 19.3 Å². The third-order valence-electron chi connectivity index (χ3n) is 8.96. The molecule has 10 aromatic rings. The molecule has 5 heteroatoms. The van der Waals surface area contributed by atoms with Crippen molar-refractivity contribution in [2.75, 3.05) is 0 Å². The largest absolute Gasteiger partial charge is 0.366 e. The molecule has 0 spiro atoms. The second-order valence-electron chi connectivity index (χ2n) is 12.1. The Morgan fingerprint density at radius 3 is 1.89 bits per heavy atom. The van der Waals surface area contributed by atoms with Crippen LogP contribution in [0, 0.1) is 24.7 Å². The molecular weight excluding hydrogens is 852 g/mol. The molecule has 0 fully saturated rings. The number of rotatable bonds is 5. The number of nitrogens with zero attached hydrogens (tertiary/aromatic N) is 4. The number of hydrogen-bond acceptors (Lipinski definition) is 1. The molecule has 0 radical (unpaired) electrons. The standard InChI is InChI=1S/C42H27N4.C8H5.Pt/c1-3-14-30(15-4-1)34-21-12-22-35(31-16-5-2-6-17-31)41(34)45-29-44(39-25-9-10-26-40(39)45)32-18-11-19-33(28-32)46-38-24-8-7-20-36(38)37-23-13-27-43-42(37)46;1-2-8-6-4-3-5-7-8;/h1-27H;3-7H;/q2*-1;/i1D,2D,3D,4D,5D,6D,14D,15D,16D,17D;;. The molecule has 0 N–H and O–H groups in total. The molecule has 0 atom stereocenters. The fraction of sp³-hybridized carbons (Fsp3) is 0. The molecule has 0 saturated carbocycles. The zero-order chi connectivity index (χ0) is 45.0. The van der Waals surface area contributed by atoms with E-state index >= 15 is 0 Å². The molecule has 0 unspecified atom stereocenters. The fourth-order valence-electron chi connectivity index (χ4n) is 6.63. The fourth-order valence-corrected chi connectivity index (χ4v) is 6.63. The maximum atomic E-state index is 8.93. The van der Waals surface area contributed by atoms with Crippen molar-refractivity contribution in [2.24, 2.45) is 0 Å². The van der Waals surface area contributed by atoms with Crippen molar-refractivity contribution in [2.45, 2.75) is 0 Å². The van der Waals surface area contributed by atoms with Crippen LogP contribution in [0.5, 0.6) is 0 Å². The van der Waals surface area contributed by atoms with Crippen LogP contribution in [0.25, 0.3) is 72.3 Å². The van der Waals surface area contributed by atoms with E-state index < -0.39 is 60.4 Å². The summed E-state index contributed by atoms with van der Waals surface area (Å²) in [6.45, 7) is 0. The number of benzene rings is 7. The van der Waals surface area contributed by atoms with E-state index in [-0.39, 0.29) is 49.0 Å². The number of fused-ring (bicyclic) bond motifs is 4. The van der Waals surface area contributed by atoms with Crippen LogP contribution in [-0.4, -0.2) is 14.1 Å². The van der Waals surface area contributed by atoms with E-state index in [0.29, 0.717) is 22.4 Å². The van der Waals surface area contributed by atoms with Crippen LogP contribution in [0.15, 0.2) is 194 Å². The van der Waals surface area contributed by atoms with Gasteiger partial charge in [0, 0.05) is 38.0 Å². The first-order valence-corrected chi connectivity index (χ1v) is 17.0. The Kier molecular flexibility index (Phi) is 7.20. The van der Waals surface area contributed by atoms with Gasteiger partial charge in [0.25, 0.3) is 6.33 Å². The minimum absolute atomic E-state index is 0. The summed E-state index contributed by atoms with van der Waals surface area (Å²) >= 11 is 0. The van der Waals surface area contributed by atoms with Crippen LogP contribution in [0.4, 0.5) is 0 Å². The first-order valence-electron chi connectivity index (χ1n) is 22.0. The Balaban J connectivity index is 0.000000580. The van der Waals surface area contributed by atoms with Gasteiger partial charge in [-0.05, 0) is 46.1 Å². The summed E-state index contributed by atoms with van der Waals surface area (Å²) in [4.78, 5) is 4.72. The van der Waals surface area contributed by atoms with E-state index in [1.54, 1.807) is 33.5 Å². The number of imidazole rings is 1. The third kappa shape index (κ3) is 6.68. The van der Waals surface area contributed by atoms with Gasteiger partial charge in [-0.3, -0.25) is 10.5 Å². The third-order valence-corrected chi connectivity index (χ3v) is 8.96. The van der Waals surface area contributed by atoms with Crippen molar-refractivity contribution < 1.29 is 39.3 Å². The normalized spacial score (nSPS) is 13.3. The second-order valence-corrected chi connectivity index (χ2v) is 12.1. The summed E-state index contributed by atoms with van der Waals surface area (Å²) in [5.41, 5.74) is 5.35. The van der Waals surface area contributed by atoms with Gasteiger partial charge in [-0.1, -0.05) is 145 Å². The second kappa shape index (κ2) is 15.7. The number of para-hydroxylation sites is 4. The van der Waals surface area contributed by atoms with E-state index in [9.17, 15) is 0 Å². The summed E-state index contributed by atoms with van der Waals surface area (Å²) < 4.78 is 91.6. The molecule has 55 heavy (non-hydrogen) atoms.